The van der Waals surface area contributed by atoms with Gasteiger partial charge in [0.15, 0.2) is 6.04 Å². The van der Waals surface area contributed by atoms with Gasteiger partial charge in [-0.15, -0.1) is 0 Å². The van der Waals surface area contributed by atoms with Crippen molar-refractivity contribution >= 4 is 11.6 Å². The number of carbonyl (C=O) groups excluding carboxylic acids is 1. The van der Waals surface area contributed by atoms with Crippen molar-refractivity contribution in [2.45, 2.75) is 32.9 Å². The number of nitrogens with zero attached hydrogens (tertiary/aromatic N) is 1. The number of likely N-dealkylation sites (N-methyl/N-ethyl adjacent to an activating group) is 1. The van der Waals surface area contributed by atoms with E-state index in [0.29, 0.717) is 0 Å². The van der Waals surface area contributed by atoms with E-state index >= 15 is 0 Å². The third-order valence-electron chi connectivity index (χ3n) is 4.87. The molecule has 0 aliphatic carbocycles. The van der Waals surface area contributed by atoms with Crippen molar-refractivity contribution in [3.63, 3.8) is 0 Å². The van der Waals surface area contributed by atoms with Crippen molar-refractivity contribution in [3.05, 3.63) is 65.2 Å². The molecule has 1 aliphatic rings. The number of fused-ring (bicyclic) bond motifs is 1. The van der Waals surface area contributed by atoms with E-state index in [-0.39, 0.29) is 11.9 Å². The molecule has 0 spiro atoms. The summed E-state index contributed by atoms with van der Waals surface area (Å²) >= 11 is 0. The van der Waals surface area contributed by atoms with Crippen LogP contribution in [-0.2, 0) is 17.8 Å². The second-order valence-corrected chi connectivity index (χ2v) is 6.60. The maximum Gasteiger partial charge on any atom is 0.284 e. The average Bonchev–Trinajstić information content (AvgIpc) is 2.99. The number of nitrogens with one attached hydrogen (secondary N) is 1. The van der Waals surface area contributed by atoms with Gasteiger partial charge in [-0.2, -0.15) is 0 Å². The Morgan fingerprint density at radius 2 is 1.87 bits per heavy atom. The molecule has 23 heavy (non-hydrogen) atoms. The zero-order chi connectivity index (χ0) is 16.4. The summed E-state index contributed by atoms with van der Waals surface area (Å²) in [5, 5.41) is 0. The Balaban J connectivity index is 1.69. The van der Waals surface area contributed by atoms with Crippen LogP contribution in [0.2, 0.25) is 0 Å². The van der Waals surface area contributed by atoms with E-state index in [0.717, 1.165) is 25.2 Å². The summed E-state index contributed by atoms with van der Waals surface area (Å²) in [7, 11) is 2.10. The second-order valence-electron chi connectivity index (χ2n) is 6.60. The Labute approximate surface area is 138 Å². The number of quaternary nitrogens is 1. The third kappa shape index (κ3) is 3.30. The summed E-state index contributed by atoms with van der Waals surface area (Å²) in [4.78, 5) is 16.1. The molecule has 1 heterocycles. The van der Waals surface area contributed by atoms with E-state index in [9.17, 15) is 4.79 Å². The van der Waals surface area contributed by atoms with Crippen LogP contribution in [-0.4, -0.2) is 25.5 Å². The van der Waals surface area contributed by atoms with E-state index in [1.807, 2.05) is 24.0 Å². The molecule has 2 aromatic rings. The van der Waals surface area contributed by atoms with E-state index in [1.165, 1.54) is 21.6 Å². The number of anilines is 1. The van der Waals surface area contributed by atoms with Crippen molar-refractivity contribution in [1.29, 1.82) is 0 Å². The molecule has 2 atom stereocenters. The van der Waals surface area contributed by atoms with Gasteiger partial charge in [0.1, 0.15) is 6.54 Å². The molecule has 0 saturated heterocycles. The van der Waals surface area contributed by atoms with Gasteiger partial charge in [-0.05, 0) is 31.9 Å². The minimum atomic E-state index is -0.0533. The van der Waals surface area contributed by atoms with Gasteiger partial charge in [-0.25, -0.2) is 0 Å². The summed E-state index contributed by atoms with van der Waals surface area (Å²) in [6.07, 6.45) is 0.964. The van der Waals surface area contributed by atoms with Gasteiger partial charge in [0.05, 0.1) is 7.05 Å². The number of rotatable bonds is 4. The van der Waals surface area contributed by atoms with Crippen LogP contribution in [0.1, 0.15) is 23.6 Å². The molecule has 3 nitrogen and oxygen atoms in total. The third-order valence-corrected chi connectivity index (χ3v) is 4.87. The molecule has 120 valence electrons. The first kappa shape index (κ1) is 15.8. The molecule has 1 N–H and O–H groups in total. The normalized spacial score (nSPS) is 16.0. The van der Waals surface area contributed by atoms with Crippen molar-refractivity contribution < 1.29 is 9.69 Å². The van der Waals surface area contributed by atoms with Gasteiger partial charge in [0.2, 0.25) is 0 Å². The molecular formula is C20H25N2O+. The van der Waals surface area contributed by atoms with Crippen LogP contribution in [0.4, 0.5) is 5.69 Å². The molecule has 0 bridgehead atoms. The maximum absolute atomic E-state index is 12.9. The standard InChI is InChI=1S/C20H24N2O/c1-15-8-10-17(11-9-15)14-21(3)16(2)20(23)22-13-12-18-6-4-5-7-19(18)22/h4-11,16H,12-14H2,1-3H3/p+1/t16-/m1/s1. The maximum atomic E-state index is 12.9. The van der Waals surface area contributed by atoms with Crippen molar-refractivity contribution in [1.82, 2.24) is 0 Å². The molecular weight excluding hydrogens is 284 g/mol. The fourth-order valence-corrected chi connectivity index (χ4v) is 3.19. The topological polar surface area (TPSA) is 24.8 Å². The molecule has 0 fully saturated rings. The van der Waals surface area contributed by atoms with Gasteiger partial charge in [-0.3, -0.25) is 4.79 Å². The molecule has 1 amide bonds. The minimum absolute atomic E-state index is 0.0533. The molecule has 1 unspecified atom stereocenters. The smallest absolute Gasteiger partial charge is 0.284 e. The fraction of sp³-hybridized carbons (Fsp3) is 0.350. The average molecular weight is 309 g/mol. The number of aryl methyl sites for hydroxylation is 1. The molecule has 1 aliphatic heterocycles. The summed E-state index contributed by atoms with van der Waals surface area (Å²) < 4.78 is 0. The minimum Gasteiger partial charge on any atom is -0.324 e. The molecule has 0 aromatic heterocycles. The molecule has 0 radical (unpaired) electrons. The van der Waals surface area contributed by atoms with Crippen LogP contribution in [0.15, 0.2) is 48.5 Å². The predicted molar refractivity (Wildman–Crippen MR) is 93.7 cm³/mol. The largest absolute Gasteiger partial charge is 0.324 e. The van der Waals surface area contributed by atoms with Gasteiger partial charge < -0.3 is 9.80 Å². The highest BCUT2D eigenvalue weighted by atomic mass is 16.2. The quantitative estimate of drug-likeness (QED) is 0.918. The Bertz CT molecular complexity index is 693. The van der Waals surface area contributed by atoms with Crippen molar-refractivity contribution in [3.8, 4) is 0 Å². The first-order valence-corrected chi connectivity index (χ1v) is 8.33. The number of hydrogen-bond donors (Lipinski definition) is 1. The zero-order valence-corrected chi connectivity index (χ0v) is 14.2. The van der Waals surface area contributed by atoms with Crippen LogP contribution in [0.25, 0.3) is 0 Å². The number of amides is 1. The van der Waals surface area contributed by atoms with Crippen LogP contribution >= 0.6 is 0 Å². The van der Waals surface area contributed by atoms with Crippen LogP contribution in [0.5, 0.6) is 0 Å². The van der Waals surface area contributed by atoms with Crippen LogP contribution in [0, 0.1) is 6.92 Å². The summed E-state index contributed by atoms with van der Waals surface area (Å²) in [5.74, 6) is 0.222. The van der Waals surface area contributed by atoms with Gasteiger partial charge in [0.25, 0.3) is 5.91 Å². The monoisotopic (exact) mass is 309 g/mol. The van der Waals surface area contributed by atoms with Gasteiger partial charge in [-0.1, -0.05) is 48.0 Å². The Morgan fingerprint density at radius 1 is 1.17 bits per heavy atom. The molecule has 3 rings (SSSR count). The van der Waals surface area contributed by atoms with E-state index in [2.05, 4.69) is 50.4 Å². The lowest BCUT2D eigenvalue weighted by Crippen LogP contribution is -3.12. The van der Waals surface area contributed by atoms with E-state index in [4.69, 9.17) is 0 Å². The van der Waals surface area contributed by atoms with Gasteiger partial charge >= 0.3 is 0 Å². The first-order valence-electron chi connectivity index (χ1n) is 8.33. The van der Waals surface area contributed by atoms with E-state index < -0.39 is 0 Å². The number of carbonyl (C=O) groups is 1. The van der Waals surface area contributed by atoms with Crippen molar-refractivity contribution in [2.75, 3.05) is 18.5 Å². The molecule has 3 heteroatoms. The summed E-state index contributed by atoms with van der Waals surface area (Å²) in [5.41, 5.74) is 4.91. The zero-order valence-electron chi connectivity index (χ0n) is 14.2. The lowest BCUT2D eigenvalue weighted by atomic mass is 10.1. The van der Waals surface area contributed by atoms with Gasteiger partial charge in [0, 0.05) is 17.8 Å². The summed E-state index contributed by atoms with van der Waals surface area (Å²) in [6.45, 7) is 5.80. The lowest BCUT2D eigenvalue weighted by molar-refractivity contribution is -0.908. The molecule has 2 aromatic carbocycles. The highest BCUT2D eigenvalue weighted by molar-refractivity contribution is 5.97. The fourth-order valence-electron chi connectivity index (χ4n) is 3.19. The van der Waals surface area contributed by atoms with Crippen LogP contribution in [0.3, 0.4) is 0 Å². The SMILES string of the molecule is Cc1ccc(C[NH+](C)[C@H](C)C(=O)N2CCc3ccccc32)cc1. The highest BCUT2D eigenvalue weighted by Gasteiger charge is 2.31. The number of benzene rings is 2. The Morgan fingerprint density at radius 3 is 2.61 bits per heavy atom. The number of hydrogen-bond acceptors (Lipinski definition) is 1. The highest BCUT2D eigenvalue weighted by Crippen LogP contribution is 2.27. The van der Waals surface area contributed by atoms with Crippen LogP contribution < -0.4 is 9.80 Å². The Kier molecular flexibility index (Phi) is 4.49. The lowest BCUT2D eigenvalue weighted by Gasteiger charge is -2.26. The number of para-hydroxylation sites is 1. The second kappa shape index (κ2) is 6.55. The molecule has 0 saturated carbocycles. The Hall–Kier alpha value is -2.13. The summed E-state index contributed by atoms with van der Waals surface area (Å²) in [6, 6.07) is 16.8. The first-order chi connectivity index (χ1) is 11.1. The van der Waals surface area contributed by atoms with Crippen molar-refractivity contribution in [2.24, 2.45) is 0 Å². The van der Waals surface area contributed by atoms with E-state index in [1.54, 1.807) is 0 Å². The predicted octanol–water partition coefficient (Wildman–Crippen LogP) is 1.99.